The molecule has 4 nitrogen and oxygen atoms in total. The van der Waals surface area contributed by atoms with Crippen LogP contribution >= 0.6 is 24.0 Å². The highest BCUT2D eigenvalue weighted by Gasteiger charge is 2.11. The van der Waals surface area contributed by atoms with Crippen LogP contribution in [0.2, 0.25) is 0 Å². The number of aryl methyl sites for hydroxylation is 1. The first-order valence-corrected chi connectivity index (χ1v) is 5.71. The monoisotopic (exact) mass is 252 g/mol. The first kappa shape index (κ1) is 11.1. The average molecular weight is 252 g/mol. The molecule has 16 heavy (non-hydrogen) atoms. The van der Waals surface area contributed by atoms with E-state index in [1.54, 1.807) is 18.2 Å². The van der Waals surface area contributed by atoms with E-state index in [4.69, 9.17) is 16.6 Å². The molecular formula is C10H8N2O2S2. The first-order chi connectivity index (χ1) is 7.65. The minimum atomic E-state index is -0.183. The maximum absolute atomic E-state index is 11.7. The maximum Gasteiger partial charge on any atom is 0.260 e. The minimum absolute atomic E-state index is 0.183. The molecule has 0 aliphatic rings. The predicted octanol–water partition coefficient (Wildman–Crippen LogP) is 2.97. The van der Waals surface area contributed by atoms with Crippen LogP contribution in [-0.2, 0) is 0 Å². The number of carbonyl (C=O) groups excluding carboxylic acids is 1. The molecule has 2 aromatic heterocycles. The largest absolute Gasteiger partial charge is 0.460 e. The van der Waals surface area contributed by atoms with Crippen molar-refractivity contribution < 1.29 is 9.21 Å². The molecule has 0 aromatic carbocycles. The Balaban J connectivity index is 2.21. The lowest BCUT2D eigenvalue weighted by molar-refractivity contribution is 0.106. The normalized spacial score (nSPS) is 10.3. The van der Waals surface area contributed by atoms with Crippen LogP contribution in [0.4, 0.5) is 0 Å². The summed E-state index contributed by atoms with van der Waals surface area (Å²) in [5.74, 6) is 0.309. The SMILES string of the molecule is Cc1cc(SC(=O)c2ccco2)nc(=S)[nH]1. The molecule has 0 aliphatic carbocycles. The lowest BCUT2D eigenvalue weighted by atomic mass is 10.5. The van der Waals surface area contributed by atoms with Crippen LogP contribution in [0, 0.1) is 11.7 Å². The number of nitrogens with zero attached hydrogens (tertiary/aromatic N) is 1. The van der Waals surface area contributed by atoms with Crippen LogP contribution < -0.4 is 0 Å². The van der Waals surface area contributed by atoms with Gasteiger partial charge in [0.15, 0.2) is 10.5 Å². The number of hydrogen-bond donors (Lipinski definition) is 1. The summed E-state index contributed by atoms with van der Waals surface area (Å²) in [5, 5.41) is 0.389. The highest BCUT2D eigenvalue weighted by Crippen LogP contribution is 2.21. The van der Waals surface area contributed by atoms with Crippen LogP contribution in [0.3, 0.4) is 0 Å². The Kier molecular flexibility index (Phi) is 3.21. The minimum Gasteiger partial charge on any atom is -0.460 e. The summed E-state index contributed by atoms with van der Waals surface area (Å²) in [7, 11) is 0. The molecule has 1 N–H and O–H groups in total. The van der Waals surface area contributed by atoms with Crippen LogP contribution in [0.25, 0.3) is 0 Å². The third kappa shape index (κ3) is 2.59. The van der Waals surface area contributed by atoms with E-state index < -0.39 is 0 Å². The van der Waals surface area contributed by atoms with Gasteiger partial charge in [0.25, 0.3) is 5.12 Å². The summed E-state index contributed by atoms with van der Waals surface area (Å²) in [4.78, 5) is 18.6. The number of aromatic amines is 1. The number of aromatic nitrogens is 2. The highest BCUT2D eigenvalue weighted by atomic mass is 32.2. The highest BCUT2D eigenvalue weighted by molar-refractivity contribution is 8.14. The van der Waals surface area contributed by atoms with Crippen molar-refractivity contribution in [1.29, 1.82) is 0 Å². The summed E-state index contributed by atoms with van der Waals surface area (Å²) in [6, 6.07) is 5.05. The summed E-state index contributed by atoms with van der Waals surface area (Å²) in [6.45, 7) is 1.86. The summed E-state index contributed by atoms with van der Waals surface area (Å²) in [6.07, 6.45) is 1.46. The third-order valence-corrected chi connectivity index (χ3v) is 2.77. The first-order valence-electron chi connectivity index (χ1n) is 4.49. The molecule has 0 fully saturated rings. The zero-order valence-electron chi connectivity index (χ0n) is 8.39. The quantitative estimate of drug-likeness (QED) is 0.506. The Labute approximate surface area is 101 Å². The van der Waals surface area contributed by atoms with Crippen molar-refractivity contribution in [3.8, 4) is 0 Å². The predicted molar refractivity (Wildman–Crippen MR) is 63.1 cm³/mol. The van der Waals surface area contributed by atoms with E-state index >= 15 is 0 Å². The molecule has 0 aliphatic heterocycles. The molecule has 2 rings (SSSR count). The van der Waals surface area contributed by atoms with Crippen molar-refractivity contribution in [2.24, 2.45) is 0 Å². The summed E-state index contributed by atoms with van der Waals surface area (Å²) in [5.41, 5.74) is 0.870. The van der Waals surface area contributed by atoms with Crippen molar-refractivity contribution in [3.05, 3.63) is 40.7 Å². The molecule has 0 spiro atoms. The molecule has 0 bridgehead atoms. The number of nitrogens with one attached hydrogen (secondary N) is 1. The molecule has 0 saturated heterocycles. The van der Waals surface area contributed by atoms with Crippen molar-refractivity contribution in [1.82, 2.24) is 9.97 Å². The summed E-state index contributed by atoms with van der Waals surface area (Å²) < 4.78 is 5.37. The fourth-order valence-corrected chi connectivity index (χ4v) is 2.24. The van der Waals surface area contributed by atoms with E-state index in [1.165, 1.54) is 6.26 Å². The van der Waals surface area contributed by atoms with Crippen LogP contribution in [0.1, 0.15) is 16.2 Å². The lowest BCUT2D eigenvalue weighted by Crippen LogP contribution is -1.94. The van der Waals surface area contributed by atoms with Crippen LogP contribution in [0.5, 0.6) is 0 Å². The summed E-state index contributed by atoms with van der Waals surface area (Å²) >= 11 is 5.92. The molecule has 0 atom stereocenters. The van der Waals surface area contributed by atoms with Gasteiger partial charge in [0, 0.05) is 5.69 Å². The van der Waals surface area contributed by atoms with Gasteiger partial charge in [-0.1, -0.05) is 0 Å². The molecule has 2 heterocycles. The van der Waals surface area contributed by atoms with Gasteiger partial charge in [-0.3, -0.25) is 4.79 Å². The fraction of sp³-hybridized carbons (Fsp3) is 0.100. The smallest absolute Gasteiger partial charge is 0.260 e. The van der Waals surface area contributed by atoms with Gasteiger partial charge < -0.3 is 9.40 Å². The number of carbonyl (C=O) groups is 1. The Morgan fingerprint density at radius 1 is 1.62 bits per heavy atom. The molecule has 0 radical (unpaired) electrons. The molecule has 82 valence electrons. The molecule has 6 heteroatoms. The Morgan fingerprint density at radius 2 is 2.44 bits per heavy atom. The van der Waals surface area contributed by atoms with Crippen molar-refractivity contribution in [2.45, 2.75) is 11.9 Å². The molecule has 0 saturated carbocycles. The second-order valence-corrected chi connectivity index (χ2v) is 4.45. The van der Waals surface area contributed by atoms with Gasteiger partial charge in [0.2, 0.25) is 0 Å². The average Bonchev–Trinajstić information content (AvgIpc) is 2.68. The van der Waals surface area contributed by atoms with E-state index in [0.717, 1.165) is 17.5 Å². The van der Waals surface area contributed by atoms with Gasteiger partial charge in [-0.2, -0.15) is 0 Å². The number of rotatable bonds is 2. The van der Waals surface area contributed by atoms with Gasteiger partial charge in [-0.15, -0.1) is 0 Å². The zero-order valence-corrected chi connectivity index (χ0v) is 10.0. The van der Waals surface area contributed by atoms with E-state index in [-0.39, 0.29) is 5.12 Å². The topological polar surface area (TPSA) is 58.9 Å². The van der Waals surface area contributed by atoms with E-state index in [2.05, 4.69) is 9.97 Å². The van der Waals surface area contributed by atoms with Crippen LogP contribution in [-0.4, -0.2) is 15.1 Å². The Hall–Kier alpha value is -1.40. The van der Waals surface area contributed by atoms with Gasteiger partial charge in [-0.25, -0.2) is 4.98 Å². The number of H-pyrrole nitrogens is 1. The van der Waals surface area contributed by atoms with E-state index in [1.807, 2.05) is 6.92 Å². The second-order valence-electron chi connectivity index (χ2n) is 3.07. The molecule has 0 unspecified atom stereocenters. The number of thioether (sulfide) groups is 1. The zero-order chi connectivity index (χ0) is 11.5. The van der Waals surface area contributed by atoms with Gasteiger partial charge in [-0.05, 0) is 49.1 Å². The van der Waals surface area contributed by atoms with Gasteiger partial charge in [0.05, 0.1) is 6.26 Å². The lowest BCUT2D eigenvalue weighted by Gasteiger charge is -1.99. The third-order valence-electron chi connectivity index (χ3n) is 1.78. The van der Waals surface area contributed by atoms with E-state index in [9.17, 15) is 4.79 Å². The fourth-order valence-electron chi connectivity index (χ4n) is 1.14. The van der Waals surface area contributed by atoms with Crippen molar-refractivity contribution >= 4 is 29.1 Å². The van der Waals surface area contributed by atoms with Gasteiger partial charge >= 0.3 is 0 Å². The van der Waals surface area contributed by atoms with Crippen LogP contribution in [0.15, 0.2) is 33.9 Å². The Bertz CT molecular complexity index is 560. The van der Waals surface area contributed by atoms with Gasteiger partial charge in [0.1, 0.15) is 5.03 Å². The molecular weight excluding hydrogens is 244 g/mol. The molecule has 2 aromatic rings. The molecule has 0 amide bonds. The van der Waals surface area contributed by atoms with Crippen molar-refractivity contribution in [3.63, 3.8) is 0 Å². The second kappa shape index (κ2) is 4.63. The number of hydrogen-bond acceptors (Lipinski definition) is 5. The Morgan fingerprint density at radius 3 is 3.06 bits per heavy atom. The van der Waals surface area contributed by atoms with Crippen molar-refractivity contribution in [2.75, 3.05) is 0 Å². The number of furan rings is 1. The maximum atomic E-state index is 11.7. The van der Waals surface area contributed by atoms with E-state index in [0.29, 0.717) is 15.6 Å². The standard InChI is InChI=1S/C10H8N2O2S2/c1-6-5-8(12-10(15)11-6)16-9(13)7-3-2-4-14-7/h2-5H,1H3,(H,11,12,15).